The minimum absolute atomic E-state index is 0.0409. The maximum Gasteiger partial charge on any atom is 0.257 e. The second kappa shape index (κ2) is 12.5. The summed E-state index contributed by atoms with van der Waals surface area (Å²) in [6, 6.07) is 18.3. The van der Waals surface area contributed by atoms with Crippen LogP contribution in [0.2, 0.25) is 5.02 Å². The minimum Gasteiger partial charge on any atom is -0.353 e. The van der Waals surface area contributed by atoms with Crippen LogP contribution in [0, 0.1) is 0 Å². The van der Waals surface area contributed by atoms with E-state index in [1.807, 2.05) is 37.4 Å². The smallest absolute Gasteiger partial charge is 0.257 e. The van der Waals surface area contributed by atoms with Crippen LogP contribution in [0.5, 0.6) is 0 Å². The number of carbonyl (C=O) groups is 1. The molecule has 0 radical (unpaired) electrons. The van der Waals surface area contributed by atoms with Gasteiger partial charge in [0.2, 0.25) is 5.95 Å². The molecule has 6 nitrogen and oxygen atoms in total. The van der Waals surface area contributed by atoms with Gasteiger partial charge in [0, 0.05) is 43.3 Å². The van der Waals surface area contributed by atoms with E-state index in [4.69, 9.17) is 16.6 Å². The Morgan fingerprint density at radius 2 is 1.73 bits per heavy atom. The number of benzene rings is 2. The highest BCUT2D eigenvalue weighted by Gasteiger charge is 2.44. The first-order valence-corrected chi connectivity index (χ1v) is 13.7. The molecule has 3 aromatic rings. The third-order valence-corrected chi connectivity index (χ3v) is 7.86. The van der Waals surface area contributed by atoms with E-state index in [2.05, 4.69) is 53.3 Å². The second-order valence-electron chi connectivity index (χ2n) is 9.81. The largest absolute Gasteiger partial charge is 0.353 e. The number of likely N-dealkylation sites (N-methyl/N-ethyl adjacent to an activating group) is 2. The summed E-state index contributed by atoms with van der Waals surface area (Å²) in [6.07, 6.45) is 5.50. The van der Waals surface area contributed by atoms with E-state index in [0.29, 0.717) is 23.1 Å². The molecule has 1 saturated carbocycles. The Balaban J connectivity index is 1.62. The molecule has 0 saturated heterocycles. The van der Waals surface area contributed by atoms with Gasteiger partial charge >= 0.3 is 0 Å². The lowest BCUT2D eigenvalue weighted by molar-refractivity contribution is 0.0791. The van der Waals surface area contributed by atoms with E-state index in [9.17, 15) is 4.79 Å². The van der Waals surface area contributed by atoms with Gasteiger partial charge in [0.15, 0.2) is 0 Å². The van der Waals surface area contributed by atoms with Crippen molar-refractivity contribution in [2.24, 2.45) is 0 Å². The first kappa shape index (κ1) is 27.1. The van der Waals surface area contributed by atoms with Crippen LogP contribution in [-0.4, -0.2) is 65.4 Å². The molecule has 0 spiro atoms. The third-order valence-electron chi connectivity index (χ3n) is 7.61. The minimum atomic E-state index is -0.311. The fraction of sp³-hybridized carbons (Fsp3) is 0.433. The van der Waals surface area contributed by atoms with E-state index in [1.165, 1.54) is 5.56 Å². The lowest BCUT2D eigenvalue weighted by Gasteiger charge is -2.43. The average Bonchev–Trinajstić information content (AvgIpc) is 2.90. The molecule has 1 N–H and O–H groups in total. The van der Waals surface area contributed by atoms with Crippen molar-refractivity contribution in [1.29, 1.82) is 0 Å². The summed E-state index contributed by atoms with van der Waals surface area (Å²) in [6.45, 7) is 8.63. The molecular formula is C30H38ClN5O. The molecule has 7 heteroatoms. The number of rotatable bonds is 12. The molecule has 0 aliphatic heterocycles. The van der Waals surface area contributed by atoms with Crippen LogP contribution in [0.4, 0.5) is 5.95 Å². The topological polar surface area (TPSA) is 61.4 Å². The van der Waals surface area contributed by atoms with Crippen molar-refractivity contribution in [3.63, 3.8) is 0 Å². The van der Waals surface area contributed by atoms with Crippen LogP contribution in [0.3, 0.4) is 0 Å². The van der Waals surface area contributed by atoms with Gasteiger partial charge in [0.1, 0.15) is 0 Å². The van der Waals surface area contributed by atoms with Gasteiger partial charge in [-0.1, -0.05) is 74.3 Å². The zero-order chi connectivity index (χ0) is 26.3. The fourth-order valence-corrected chi connectivity index (χ4v) is 5.19. The van der Waals surface area contributed by atoms with Crippen molar-refractivity contribution in [2.45, 2.75) is 44.9 Å². The normalized spacial score (nSPS) is 14.3. The number of halogens is 1. The average molecular weight is 520 g/mol. The number of aromatic nitrogens is 2. The number of hydrogen-bond donors (Lipinski definition) is 1. The monoisotopic (exact) mass is 519 g/mol. The van der Waals surface area contributed by atoms with Gasteiger partial charge in [-0.15, -0.1) is 0 Å². The standard InChI is InChI=1S/C30H38ClN5O/c1-4-36(5-2)21-19-32-29-33-22-26(28(37)35(3)20-16-23-10-7-6-8-11-23)27(34-29)30(17-9-18-30)24-12-14-25(31)15-13-24/h6-8,10-15,22H,4-5,9,16-21H2,1-3H3,(H,32,33,34). The number of amides is 1. The van der Waals surface area contributed by atoms with E-state index in [0.717, 1.165) is 63.1 Å². The molecule has 1 heterocycles. The predicted molar refractivity (Wildman–Crippen MR) is 151 cm³/mol. The molecule has 1 amide bonds. The summed E-state index contributed by atoms with van der Waals surface area (Å²) in [4.78, 5) is 27.5. The second-order valence-corrected chi connectivity index (χ2v) is 10.3. The van der Waals surface area contributed by atoms with E-state index < -0.39 is 0 Å². The van der Waals surface area contributed by atoms with E-state index in [1.54, 1.807) is 11.1 Å². The van der Waals surface area contributed by atoms with Crippen LogP contribution in [0.15, 0.2) is 60.8 Å². The van der Waals surface area contributed by atoms with Gasteiger partial charge in [-0.25, -0.2) is 9.97 Å². The SMILES string of the molecule is CCN(CC)CCNc1ncc(C(=O)N(C)CCc2ccccc2)c(C2(c3ccc(Cl)cc3)CCC2)n1. The molecule has 2 aromatic carbocycles. The van der Waals surface area contributed by atoms with E-state index >= 15 is 0 Å². The van der Waals surface area contributed by atoms with Crippen LogP contribution in [-0.2, 0) is 11.8 Å². The maximum atomic E-state index is 13.7. The lowest BCUT2D eigenvalue weighted by Crippen LogP contribution is -2.40. The Morgan fingerprint density at radius 3 is 2.35 bits per heavy atom. The van der Waals surface area contributed by atoms with Gasteiger partial charge < -0.3 is 15.1 Å². The van der Waals surface area contributed by atoms with Crippen molar-refractivity contribution in [1.82, 2.24) is 19.8 Å². The number of nitrogens with zero attached hydrogens (tertiary/aromatic N) is 4. The Bertz CT molecular complexity index is 1160. The van der Waals surface area contributed by atoms with Gasteiger partial charge in [-0.05, 0) is 55.6 Å². The van der Waals surface area contributed by atoms with Gasteiger partial charge in [0.25, 0.3) is 5.91 Å². The molecular weight excluding hydrogens is 482 g/mol. The summed E-state index contributed by atoms with van der Waals surface area (Å²) < 4.78 is 0. The highest BCUT2D eigenvalue weighted by Crippen LogP contribution is 2.49. The lowest BCUT2D eigenvalue weighted by atomic mass is 9.61. The van der Waals surface area contributed by atoms with Crippen LogP contribution >= 0.6 is 11.6 Å². The maximum absolute atomic E-state index is 13.7. The van der Waals surface area contributed by atoms with Gasteiger partial charge in [-0.3, -0.25) is 4.79 Å². The molecule has 1 aromatic heterocycles. The summed E-state index contributed by atoms with van der Waals surface area (Å²) in [5, 5.41) is 4.10. The third kappa shape index (κ3) is 6.31. The Morgan fingerprint density at radius 1 is 1.03 bits per heavy atom. The summed E-state index contributed by atoms with van der Waals surface area (Å²) in [5.74, 6) is 0.534. The van der Waals surface area contributed by atoms with Crippen molar-refractivity contribution < 1.29 is 4.79 Å². The number of anilines is 1. The van der Waals surface area contributed by atoms with Gasteiger partial charge in [-0.2, -0.15) is 0 Å². The zero-order valence-corrected chi connectivity index (χ0v) is 23.0. The highest BCUT2D eigenvalue weighted by molar-refractivity contribution is 6.30. The van der Waals surface area contributed by atoms with Gasteiger partial charge in [0.05, 0.1) is 11.3 Å². The first-order valence-electron chi connectivity index (χ1n) is 13.4. The summed E-state index contributed by atoms with van der Waals surface area (Å²) in [5.41, 5.74) is 3.45. The quantitative estimate of drug-likeness (QED) is 0.334. The summed E-state index contributed by atoms with van der Waals surface area (Å²) in [7, 11) is 1.86. The molecule has 0 bridgehead atoms. The van der Waals surface area contributed by atoms with Crippen molar-refractivity contribution in [3.05, 3.63) is 88.2 Å². The van der Waals surface area contributed by atoms with Crippen LogP contribution in [0.1, 0.15) is 60.3 Å². The number of nitrogens with one attached hydrogen (secondary N) is 1. The number of hydrogen-bond acceptors (Lipinski definition) is 5. The van der Waals surface area contributed by atoms with Crippen LogP contribution < -0.4 is 5.32 Å². The molecule has 0 atom stereocenters. The number of carbonyl (C=O) groups excluding carboxylic acids is 1. The molecule has 4 rings (SSSR count). The van der Waals surface area contributed by atoms with Crippen LogP contribution in [0.25, 0.3) is 0 Å². The predicted octanol–water partition coefficient (Wildman–Crippen LogP) is 5.67. The molecule has 1 fully saturated rings. The molecule has 1 aliphatic rings. The van der Waals surface area contributed by atoms with Crippen molar-refractivity contribution in [3.8, 4) is 0 Å². The highest BCUT2D eigenvalue weighted by atomic mass is 35.5. The summed E-state index contributed by atoms with van der Waals surface area (Å²) >= 11 is 6.21. The molecule has 37 heavy (non-hydrogen) atoms. The molecule has 196 valence electrons. The molecule has 0 unspecified atom stereocenters. The van der Waals surface area contributed by atoms with E-state index in [-0.39, 0.29) is 11.3 Å². The Labute approximate surface area is 226 Å². The first-order chi connectivity index (χ1) is 18.0. The Kier molecular flexibility index (Phi) is 9.17. The van der Waals surface area contributed by atoms with Crippen molar-refractivity contribution >= 4 is 23.5 Å². The fourth-order valence-electron chi connectivity index (χ4n) is 5.06. The Hall–Kier alpha value is -2.96. The van der Waals surface area contributed by atoms with Crippen molar-refractivity contribution in [2.75, 3.05) is 45.1 Å². The zero-order valence-electron chi connectivity index (χ0n) is 22.2. The molecule has 1 aliphatic carbocycles.